The summed E-state index contributed by atoms with van der Waals surface area (Å²) in [5.41, 5.74) is 0.942. The highest BCUT2D eigenvalue weighted by atomic mass is 79.9. The summed E-state index contributed by atoms with van der Waals surface area (Å²) in [6, 6.07) is 6.66. The molecule has 2 rings (SSSR count). The van der Waals surface area contributed by atoms with Crippen LogP contribution in [0.2, 0.25) is 5.02 Å². The summed E-state index contributed by atoms with van der Waals surface area (Å²) in [6.45, 7) is 4.78. The van der Waals surface area contributed by atoms with E-state index >= 15 is 0 Å². The zero-order valence-electron chi connectivity index (χ0n) is 11.7. The summed E-state index contributed by atoms with van der Waals surface area (Å²) in [6.07, 6.45) is 1.66. The molecule has 0 saturated heterocycles. The van der Waals surface area contributed by atoms with E-state index in [-0.39, 0.29) is 11.6 Å². The van der Waals surface area contributed by atoms with Crippen LogP contribution in [0.15, 0.2) is 34.9 Å². The number of benzene rings is 1. The quantitative estimate of drug-likeness (QED) is 0.807. The number of nitrogens with one attached hydrogen (secondary N) is 1. The molecule has 1 aromatic carbocycles. The summed E-state index contributed by atoms with van der Waals surface area (Å²) in [5.74, 6) is -0.209. The molecule has 6 heteroatoms. The second-order valence-corrected chi connectivity index (χ2v) is 6.17. The average molecular weight is 374 g/mol. The average Bonchev–Trinajstić information content (AvgIpc) is 2.42. The molecule has 112 valence electrons. The largest absolute Gasteiger partial charge is 0.434 e. The lowest BCUT2D eigenvalue weighted by molar-refractivity contribution is 0.427. The molecule has 0 radical (unpaired) electrons. The summed E-state index contributed by atoms with van der Waals surface area (Å²) in [7, 11) is 0. The fraction of sp³-hybridized carbons (Fsp3) is 0.267. The van der Waals surface area contributed by atoms with Crippen LogP contribution in [0.1, 0.15) is 19.4 Å². The summed E-state index contributed by atoms with van der Waals surface area (Å²) in [5, 5.41) is 3.62. The van der Waals surface area contributed by atoms with Crippen LogP contribution in [0.4, 0.5) is 4.39 Å². The predicted molar refractivity (Wildman–Crippen MR) is 85.4 cm³/mol. The van der Waals surface area contributed by atoms with Crippen LogP contribution in [0.5, 0.6) is 11.6 Å². The zero-order chi connectivity index (χ0) is 15.4. The lowest BCUT2D eigenvalue weighted by Crippen LogP contribution is -2.21. The van der Waals surface area contributed by atoms with Crippen molar-refractivity contribution in [3.05, 3.63) is 51.3 Å². The van der Waals surface area contributed by atoms with Crippen molar-refractivity contribution in [1.29, 1.82) is 0 Å². The number of halogens is 3. The second kappa shape index (κ2) is 7.20. The van der Waals surface area contributed by atoms with Crippen molar-refractivity contribution in [2.24, 2.45) is 0 Å². The van der Waals surface area contributed by atoms with Crippen molar-refractivity contribution >= 4 is 27.5 Å². The van der Waals surface area contributed by atoms with Gasteiger partial charge in [0.1, 0.15) is 5.02 Å². The van der Waals surface area contributed by atoms with Gasteiger partial charge in [-0.15, -0.1) is 0 Å². The third-order valence-corrected chi connectivity index (χ3v) is 3.44. The summed E-state index contributed by atoms with van der Waals surface area (Å²) < 4.78 is 19.8. The van der Waals surface area contributed by atoms with Crippen LogP contribution in [-0.2, 0) is 6.54 Å². The Morgan fingerprint density at radius 1 is 1.38 bits per heavy atom. The Morgan fingerprint density at radius 3 is 2.76 bits per heavy atom. The fourth-order valence-electron chi connectivity index (χ4n) is 1.62. The lowest BCUT2D eigenvalue weighted by atomic mass is 10.2. The highest BCUT2D eigenvalue weighted by molar-refractivity contribution is 9.10. The van der Waals surface area contributed by atoms with Crippen molar-refractivity contribution in [2.45, 2.75) is 26.4 Å². The van der Waals surface area contributed by atoms with Gasteiger partial charge in [-0.05, 0) is 29.8 Å². The van der Waals surface area contributed by atoms with Crippen LogP contribution < -0.4 is 10.1 Å². The molecule has 0 unspecified atom stereocenters. The third kappa shape index (κ3) is 4.66. The molecule has 2 aromatic rings. The number of aromatic nitrogens is 1. The minimum Gasteiger partial charge on any atom is -0.434 e. The van der Waals surface area contributed by atoms with Crippen LogP contribution >= 0.6 is 27.5 Å². The van der Waals surface area contributed by atoms with E-state index < -0.39 is 5.82 Å². The molecular weight excluding hydrogens is 359 g/mol. The SMILES string of the molecule is CC(C)NCc1cnc(Oc2ccc(Br)cc2F)c(Cl)c1. The molecule has 0 aliphatic heterocycles. The highest BCUT2D eigenvalue weighted by Crippen LogP contribution is 2.30. The van der Waals surface area contributed by atoms with Gasteiger partial charge in [0.2, 0.25) is 5.88 Å². The number of ether oxygens (including phenoxy) is 1. The molecular formula is C15H15BrClFN2O. The summed E-state index contributed by atoms with van der Waals surface area (Å²) >= 11 is 9.32. The van der Waals surface area contributed by atoms with Crippen LogP contribution in [0.25, 0.3) is 0 Å². The molecule has 0 atom stereocenters. The first-order chi connectivity index (χ1) is 9.95. The second-order valence-electron chi connectivity index (χ2n) is 4.84. The molecule has 0 spiro atoms. The van der Waals surface area contributed by atoms with Gasteiger partial charge in [-0.1, -0.05) is 41.4 Å². The maximum absolute atomic E-state index is 13.7. The van der Waals surface area contributed by atoms with Gasteiger partial charge in [0.25, 0.3) is 0 Å². The van der Waals surface area contributed by atoms with Crippen LogP contribution in [0, 0.1) is 5.82 Å². The fourth-order valence-corrected chi connectivity index (χ4v) is 2.18. The van der Waals surface area contributed by atoms with Gasteiger partial charge in [0.05, 0.1) is 0 Å². The normalized spacial score (nSPS) is 11.0. The molecule has 0 aliphatic carbocycles. The van der Waals surface area contributed by atoms with Crippen molar-refractivity contribution < 1.29 is 9.13 Å². The molecule has 1 N–H and O–H groups in total. The molecule has 0 bridgehead atoms. The third-order valence-electron chi connectivity index (χ3n) is 2.68. The molecule has 1 aromatic heterocycles. The maximum Gasteiger partial charge on any atom is 0.238 e. The topological polar surface area (TPSA) is 34.2 Å². The van der Waals surface area contributed by atoms with E-state index in [1.165, 1.54) is 12.1 Å². The van der Waals surface area contributed by atoms with Crippen molar-refractivity contribution in [2.75, 3.05) is 0 Å². The number of pyridine rings is 1. The van der Waals surface area contributed by atoms with Crippen LogP contribution in [0.3, 0.4) is 0 Å². The molecule has 1 heterocycles. The first kappa shape index (κ1) is 16.2. The number of nitrogens with zero attached hydrogens (tertiary/aromatic N) is 1. The maximum atomic E-state index is 13.7. The number of hydrogen-bond acceptors (Lipinski definition) is 3. The van der Waals surface area contributed by atoms with E-state index in [1.54, 1.807) is 18.3 Å². The van der Waals surface area contributed by atoms with Gasteiger partial charge in [-0.25, -0.2) is 9.37 Å². The minimum atomic E-state index is -0.479. The van der Waals surface area contributed by atoms with Gasteiger partial charge in [-0.2, -0.15) is 0 Å². The Bertz CT molecular complexity index is 637. The van der Waals surface area contributed by atoms with E-state index in [2.05, 4.69) is 40.1 Å². The predicted octanol–water partition coefficient (Wildman–Crippen LogP) is 4.93. The molecule has 21 heavy (non-hydrogen) atoms. The van der Waals surface area contributed by atoms with E-state index in [4.69, 9.17) is 16.3 Å². The Balaban J connectivity index is 2.13. The molecule has 3 nitrogen and oxygen atoms in total. The summed E-state index contributed by atoms with van der Waals surface area (Å²) in [4.78, 5) is 4.14. The lowest BCUT2D eigenvalue weighted by Gasteiger charge is -2.11. The van der Waals surface area contributed by atoms with Gasteiger partial charge >= 0.3 is 0 Å². The van der Waals surface area contributed by atoms with E-state index in [0.717, 1.165) is 5.56 Å². The zero-order valence-corrected chi connectivity index (χ0v) is 14.0. The molecule has 0 amide bonds. The van der Waals surface area contributed by atoms with Crippen molar-refractivity contribution in [1.82, 2.24) is 10.3 Å². The standard InChI is InChI=1S/C15H15BrClFN2O/c1-9(2)19-7-10-5-12(17)15(20-8-10)21-14-4-3-11(16)6-13(14)18/h3-6,8-9,19H,7H2,1-2H3. The van der Waals surface area contributed by atoms with Gasteiger partial charge in [-0.3, -0.25) is 0 Å². The first-order valence-corrected chi connectivity index (χ1v) is 7.63. The Morgan fingerprint density at radius 2 is 2.14 bits per heavy atom. The van der Waals surface area contributed by atoms with E-state index in [9.17, 15) is 4.39 Å². The van der Waals surface area contributed by atoms with Gasteiger partial charge < -0.3 is 10.1 Å². The Kier molecular flexibility index (Phi) is 5.56. The number of hydrogen-bond donors (Lipinski definition) is 1. The van der Waals surface area contributed by atoms with E-state index in [0.29, 0.717) is 22.1 Å². The van der Waals surface area contributed by atoms with Crippen molar-refractivity contribution in [3.8, 4) is 11.6 Å². The monoisotopic (exact) mass is 372 g/mol. The first-order valence-electron chi connectivity index (χ1n) is 6.46. The number of rotatable bonds is 5. The van der Waals surface area contributed by atoms with Crippen molar-refractivity contribution in [3.63, 3.8) is 0 Å². The van der Waals surface area contributed by atoms with E-state index in [1.807, 2.05) is 0 Å². The molecule has 0 fully saturated rings. The molecule has 0 aliphatic rings. The smallest absolute Gasteiger partial charge is 0.238 e. The van der Waals surface area contributed by atoms with Gasteiger partial charge in [0, 0.05) is 23.3 Å². The Labute approximate surface area is 136 Å². The highest BCUT2D eigenvalue weighted by Gasteiger charge is 2.10. The minimum absolute atomic E-state index is 0.0839. The van der Waals surface area contributed by atoms with Crippen LogP contribution in [-0.4, -0.2) is 11.0 Å². The van der Waals surface area contributed by atoms with Gasteiger partial charge in [0.15, 0.2) is 11.6 Å². The Hall–Kier alpha value is -1.17. The molecule has 0 saturated carbocycles.